The summed E-state index contributed by atoms with van der Waals surface area (Å²) >= 11 is 0. The number of hydrogen-bond acceptors (Lipinski definition) is 5. The Labute approximate surface area is 95.3 Å². The highest BCUT2D eigenvalue weighted by Gasteiger charge is 2.39. The lowest BCUT2D eigenvalue weighted by atomic mass is 9.77. The first-order chi connectivity index (χ1) is 7.69. The third-order valence-electron chi connectivity index (χ3n) is 3.43. The monoisotopic (exact) mass is 225 g/mol. The van der Waals surface area contributed by atoms with Crippen molar-refractivity contribution in [2.75, 3.05) is 7.11 Å². The Bertz CT molecular complexity index is 341. The summed E-state index contributed by atoms with van der Waals surface area (Å²) in [6.07, 6.45) is 4.87. The average molecular weight is 225 g/mol. The van der Waals surface area contributed by atoms with E-state index in [0.717, 1.165) is 19.3 Å². The van der Waals surface area contributed by atoms with Gasteiger partial charge in [0.25, 0.3) is 0 Å². The van der Waals surface area contributed by atoms with Gasteiger partial charge in [-0.25, -0.2) is 0 Å². The van der Waals surface area contributed by atoms with E-state index in [9.17, 15) is 0 Å². The van der Waals surface area contributed by atoms with Crippen LogP contribution in [0.2, 0.25) is 0 Å². The predicted octanol–water partition coefficient (Wildman–Crippen LogP) is 1.59. The fourth-order valence-corrected chi connectivity index (χ4v) is 1.97. The van der Waals surface area contributed by atoms with E-state index < -0.39 is 0 Å². The highest BCUT2D eigenvalue weighted by molar-refractivity contribution is 5.00. The van der Waals surface area contributed by atoms with Crippen molar-refractivity contribution >= 4 is 0 Å². The molecule has 0 aliphatic heterocycles. The SMILES string of the molecule is CCC(N)c1noc(CC2(OC)CCC2)n1. The number of nitrogens with zero attached hydrogens (tertiary/aromatic N) is 2. The van der Waals surface area contributed by atoms with Gasteiger partial charge in [-0.15, -0.1) is 0 Å². The van der Waals surface area contributed by atoms with E-state index in [-0.39, 0.29) is 11.6 Å². The van der Waals surface area contributed by atoms with E-state index >= 15 is 0 Å². The lowest BCUT2D eigenvalue weighted by molar-refractivity contribution is -0.0751. The van der Waals surface area contributed by atoms with Gasteiger partial charge in [-0.1, -0.05) is 12.1 Å². The zero-order valence-electron chi connectivity index (χ0n) is 9.90. The Morgan fingerprint density at radius 2 is 2.31 bits per heavy atom. The predicted molar refractivity (Wildman–Crippen MR) is 58.8 cm³/mol. The first-order valence-corrected chi connectivity index (χ1v) is 5.82. The summed E-state index contributed by atoms with van der Waals surface area (Å²) < 4.78 is 10.7. The molecule has 1 aromatic rings. The zero-order valence-corrected chi connectivity index (χ0v) is 9.90. The molecule has 0 aromatic carbocycles. The third-order valence-corrected chi connectivity index (χ3v) is 3.43. The molecule has 0 radical (unpaired) electrons. The van der Waals surface area contributed by atoms with Crippen LogP contribution >= 0.6 is 0 Å². The quantitative estimate of drug-likeness (QED) is 0.823. The molecule has 2 N–H and O–H groups in total. The molecule has 1 aliphatic carbocycles. The van der Waals surface area contributed by atoms with Crippen molar-refractivity contribution in [2.45, 2.75) is 50.7 Å². The van der Waals surface area contributed by atoms with E-state index in [1.165, 1.54) is 6.42 Å². The molecule has 0 spiro atoms. The molecule has 0 saturated heterocycles. The second-order valence-corrected chi connectivity index (χ2v) is 4.48. The first kappa shape index (κ1) is 11.5. The zero-order chi connectivity index (χ0) is 11.6. The highest BCUT2D eigenvalue weighted by Crippen LogP contribution is 2.37. The molecule has 1 heterocycles. The van der Waals surface area contributed by atoms with Gasteiger partial charge in [-0.2, -0.15) is 4.98 Å². The number of ether oxygens (including phenoxy) is 1. The van der Waals surface area contributed by atoms with Gasteiger partial charge < -0.3 is 15.0 Å². The van der Waals surface area contributed by atoms with E-state index in [1.54, 1.807) is 7.11 Å². The van der Waals surface area contributed by atoms with Crippen LogP contribution in [-0.2, 0) is 11.2 Å². The van der Waals surface area contributed by atoms with Gasteiger partial charge >= 0.3 is 0 Å². The van der Waals surface area contributed by atoms with Crippen molar-refractivity contribution in [2.24, 2.45) is 5.73 Å². The van der Waals surface area contributed by atoms with Crippen molar-refractivity contribution in [1.82, 2.24) is 10.1 Å². The van der Waals surface area contributed by atoms with Crippen LogP contribution in [0.5, 0.6) is 0 Å². The topological polar surface area (TPSA) is 74.2 Å². The number of nitrogens with two attached hydrogens (primary N) is 1. The summed E-state index contributed by atoms with van der Waals surface area (Å²) in [6, 6.07) is -0.127. The van der Waals surface area contributed by atoms with E-state index in [2.05, 4.69) is 10.1 Å². The minimum atomic E-state index is -0.127. The van der Waals surface area contributed by atoms with Crippen LogP contribution in [-0.4, -0.2) is 22.9 Å². The Kier molecular flexibility index (Phi) is 3.25. The van der Waals surface area contributed by atoms with Crippen molar-refractivity contribution in [3.05, 3.63) is 11.7 Å². The largest absolute Gasteiger partial charge is 0.378 e. The van der Waals surface area contributed by atoms with E-state index in [0.29, 0.717) is 18.1 Å². The summed E-state index contributed by atoms with van der Waals surface area (Å²) in [7, 11) is 1.74. The smallest absolute Gasteiger partial charge is 0.229 e. The van der Waals surface area contributed by atoms with Crippen LogP contribution in [0.25, 0.3) is 0 Å². The van der Waals surface area contributed by atoms with Gasteiger partial charge in [0.15, 0.2) is 5.82 Å². The second-order valence-electron chi connectivity index (χ2n) is 4.48. The molecule has 1 saturated carbocycles. The molecule has 90 valence electrons. The van der Waals surface area contributed by atoms with E-state index in [4.69, 9.17) is 15.0 Å². The number of methoxy groups -OCH3 is 1. The summed E-state index contributed by atoms with van der Waals surface area (Å²) in [5, 5.41) is 3.90. The fourth-order valence-electron chi connectivity index (χ4n) is 1.97. The van der Waals surface area contributed by atoms with Crippen LogP contribution in [0.3, 0.4) is 0 Å². The minimum absolute atomic E-state index is 0.0693. The number of rotatable bonds is 5. The minimum Gasteiger partial charge on any atom is -0.378 e. The normalized spacial score (nSPS) is 20.4. The van der Waals surface area contributed by atoms with Crippen molar-refractivity contribution in [3.63, 3.8) is 0 Å². The second kappa shape index (κ2) is 4.51. The maximum absolute atomic E-state index is 5.83. The molecule has 1 unspecified atom stereocenters. The van der Waals surface area contributed by atoms with Crippen LogP contribution < -0.4 is 5.73 Å². The highest BCUT2D eigenvalue weighted by atomic mass is 16.5. The third kappa shape index (κ3) is 2.10. The number of aromatic nitrogens is 2. The van der Waals surface area contributed by atoms with Crippen LogP contribution in [0.15, 0.2) is 4.52 Å². The molecule has 0 bridgehead atoms. The van der Waals surface area contributed by atoms with Gasteiger partial charge in [0.05, 0.1) is 18.1 Å². The molecule has 5 nitrogen and oxygen atoms in total. The summed E-state index contributed by atoms with van der Waals surface area (Å²) in [5.41, 5.74) is 5.76. The van der Waals surface area contributed by atoms with Crippen molar-refractivity contribution in [3.8, 4) is 0 Å². The van der Waals surface area contributed by atoms with Crippen LogP contribution in [0, 0.1) is 0 Å². The molecule has 1 atom stereocenters. The molecule has 0 amide bonds. The molecule has 1 aromatic heterocycles. The molecule has 2 rings (SSSR count). The summed E-state index contributed by atoms with van der Waals surface area (Å²) in [6.45, 7) is 2.00. The van der Waals surface area contributed by atoms with Crippen molar-refractivity contribution < 1.29 is 9.26 Å². The lowest BCUT2D eigenvalue weighted by Gasteiger charge is -2.39. The van der Waals surface area contributed by atoms with Crippen molar-refractivity contribution in [1.29, 1.82) is 0 Å². The maximum Gasteiger partial charge on any atom is 0.229 e. The molecular formula is C11H19N3O2. The van der Waals surface area contributed by atoms with Crippen LogP contribution in [0.1, 0.15) is 50.4 Å². The van der Waals surface area contributed by atoms with E-state index in [1.807, 2.05) is 6.92 Å². The lowest BCUT2D eigenvalue weighted by Crippen LogP contribution is -2.41. The number of hydrogen-bond donors (Lipinski definition) is 1. The van der Waals surface area contributed by atoms with Crippen LogP contribution in [0.4, 0.5) is 0 Å². The molecule has 1 fully saturated rings. The Hall–Kier alpha value is -0.940. The standard InChI is InChI=1S/C11H19N3O2/c1-3-8(12)10-13-9(16-14-10)7-11(15-2)5-4-6-11/h8H,3-7,12H2,1-2H3. The Balaban J connectivity index is 2.02. The van der Waals surface area contributed by atoms with Gasteiger partial charge in [0, 0.05) is 7.11 Å². The molecular weight excluding hydrogens is 206 g/mol. The Morgan fingerprint density at radius 3 is 2.81 bits per heavy atom. The molecule has 1 aliphatic rings. The maximum atomic E-state index is 5.83. The molecule has 16 heavy (non-hydrogen) atoms. The van der Waals surface area contributed by atoms with Gasteiger partial charge in [-0.3, -0.25) is 0 Å². The average Bonchev–Trinajstić information content (AvgIpc) is 2.70. The Morgan fingerprint density at radius 1 is 1.56 bits per heavy atom. The molecule has 5 heteroatoms. The van der Waals surface area contributed by atoms with Gasteiger partial charge in [-0.05, 0) is 25.7 Å². The fraction of sp³-hybridized carbons (Fsp3) is 0.818. The summed E-state index contributed by atoms with van der Waals surface area (Å²) in [5.74, 6) is 1.24. The van der Waals surface area contributed by atoms with Gasteiger partial charge in [0.2, 0.25) is 5.89 Å². The summed E-state index contributed by atoms with van der Waals surface area (Å²) in [4.78, 5) is 4.31. The first-order valence-electron chi connectivity index (χ1n) is 5.82. The van der Waals surface area contributed by atoms with Gasteiger partial charge in [0.1, 0.15) is 0 Å².